The fourth-order valence-electron chi connectivity index (χ4n) is 3.21. The van der Waals surface area contributed by atoms with E-state index in [0.717, 1.165) is 5.82 Å². The molecule has 2 aromatic heterocycles. The molecule has 1 atom stereocenters. The average Bonchev–Trinajstić information content (AvgIpc) is 3.30. The van der Waals surface area contributed by atoms with E-state index in [2.05, 4.69) is 20.1 Å². The molecule has 0 radical (unpaired) electrons. The molecule has 4 rings (SSSR count). The number of carbonyl (C=O) groups is 1. The van der Waals surface area contributed by atoms with Gasteiger partial charge in [-0.2, -0.15) is 0 Å². The minimum atomic E-state index is -0.757. The maximum atomic E-state index is 13.7. The van der Waals surface area contributed by atoms with Gasteiger partial charge in [-0.15, -0.1) is 10.2 Å². The van der Waals surface area contributed by atoms with E-state index in [4.69, 9.17) is 4.74 Å². The highest BCUT2D eigenvalue weighted by atomic mass is 19.1. The summed E-state index contributed by atoms with van der Waals surface area (Å²) >= 11 is 0. The second kappa shape index (κ2) is 8.26. The van der Waals surface area contributed by atoms with Gasteiger partial charge in [-0.25, -0.2) is 9.37 Å². The topological polar surface area (TPSA) is 76.4 Å². The fraction of sp³-hybridized carbons (Fsp3) is 0.300. The third-order valence-corrected chi connectivity index (χ3v) is 4.81. The molecule has 3 heterocycles. The smallest absolute Gasteiger partial charge is 0.263 e. The van der Waals surface area contributed by atoms with Crippen LogP contribution in [0, 0.1) is 5.82 Å². The summed E-state index contributed by atoms with van der Waals surface area (Å²) in [5.41, 5.74) is 0. The van der Waals surface area contributed by atoms with Crippen LogP contribution in [0.5, 0.6) is 5.75 Å². The standard InChI is InChI=1S/C20H21FN6O2/c1-15(29-17-5-3-2-4-16(17)21)20(28)26-12-10-25(11-13-26)18-6-7-19(24-23-18)27-9-8-22-14-27/h2-9,14-15H,10-13H2,1H3/t15-/m0/s1. The molecule has 1 aliphatic rings. The Morgan fingerprint density at radius 1 is 1.07 bits per heavy atom. The first kappa shape index (κ1) is 18.9. The molecule has 0 saturated carbocycles. The van der Waals surface area contributed by atoms with Crippen LogP contribution in [0.3, 0.4) is 0 Å². The van der Waals surface area contributed by atoms with E-state index in [9.17, 15) is 9.18 Å². The van der Waals surface area contributed by atoms with Crippen molar-refractivity contribution in [1.82, 2.24) is 24.6 Å². The van der Waals surface area contributed by atoms with Crippen molar-refractivity contribution in [2.24, 2.45) is 0 Å². The summed E-state index contributed by atoms with van der Waals surface area (Å²) in [7, 11) is 0. The van der Waals surface area contributed by atoms with Crippen molar-refractivity contribution >= 4 is 11.7 Å². The van der Waals surface area contributed by atoms with Gasteiger partial charge in [0.15, 0.2) is 29.3 Å². The number of benzene rings is 1. The molecule has 1 saturated heterocycles. The predicted molar refractivity (Wildman–Crippen MR) is 104 cm³/mol. The van der Waals surface area contributed by atoms with Crippen LogP contribution >= 0.6 is 0 Å². The second-order valence-corrected chi connectivity index (χ2v) is 6.72. The van der Waals surface area contributed by atoms with E-state index >= 15 is 0 Å². The number of amides is 1. The van der Waals surface area contributed by atoms with Crippen LogP contribution in [0.4, 0.5) is 10.2 Å². The molecule has 0 bridgehead atoms. The molecule has 0 unspecified atom stereocenters. The van der Waals surface area contributed by atoms with Gasteiger partial charge in [0, 0.05) is 38.6 Å². The number of piperazine rings is 1. The average molecular weight is 396 g/mol. The normalized spacial score (nSPS) is 15.2. The third-order valence-electron chi connectivity index (χ3n) is 4.81. The Morgan fingerprint density at radius 3 is 2.45 bits per heavy atom. The van der Waals surface area contributed by atoms with Crippen LogP contribution in [0.15, 0.2) is 55.1 Å². The van der Waals surface area contributed by atoms with Gasteiger partial charge in [0.2, 0.25) is 0 Å². The van der Waals surface area contributed by atoms with Gasteiger partial charge in [-0.1, -0.05) is 12.1 Å². The first-order valence-electron chi connectivity index (χ1n) is 9.39. The SMILES string of the molecule is C[C@H](Oc1ccccc1F)C(=O)N1CCN(c2ccc(-n3ccnc3)nn2)CC1. The van der Waals surface area contributed by atoms with Crippen LogP contribution < -0.4 is 9.64 Å². The van der Waals surface area contributed by atoms with Crippen molar-refractivity contribution in [3.05, 3.63) is 60.9 Å². The lowest BCUT2D eigenvalue weighted by atomic mass is 10.2. The van der Waals surface area contributed by atoms with E-state index in [1.807, 2.05) is 12.1 Å². The Morgan fingerprint density at radius 2 is 1.79 bits per heavy atom. The van der Waals surface area contributed by atoms with Gasteiger partial charge in [-0.05, 0) is 31.2 Å². The number of carbonyl (C=O) groups excluding carboxylic acids is 1. The molecule has 3 aromatic rings. The third kappa shape index (κ3) is 4.18. The molecule has 1 aliphatic heterocycles. The van der Waals surface area contributed by atoms with Crippen LogP contribution in [0.1, 0.15) is 6.92 Å². The largest absolute Gasteiger partial charge is 0.478 e. The number of hydrogen-bond donors (Lipinski definition) is 0. The van der Waals surface area contributed by atoms with Gasteiger partial charge < -0.3 is 14.5 Å². The van der Waals surface area contributed by atoms with Crippen molar-refractivity contribution in [1.29, 1.82) is 0 Å². The zero-order valence-corrected chi connectivity index (χ0v) is 16.0. The number of rotatable bonds is 5. The lowest BCUT2D eigenvalue weighted by molar-refractivity contribution is -0.138. The van der Waals surface area contributed by atoms with E-state index in [1.54, 1.807) is 47.2 Å². The first-order valence-corrected chi connectivity index (χ1v) is 9.39. The lowest BCUT2D eigenvalue weighted by Gasteiger charge is -2.36. The zero-order chi connectivity index (χ0) is 20.2. The number of nitrogens with zero attached hydrogens (tertiary/aromatic N) is 6. The van der Waals surface area contributed by atoms with Crippen molar-refractivity contribution in [2.75, 3.05) is 31.1 Å². The predicted octanol–water partition coefficient (Wildman–Crippen LogP) is 1.92. The Balaban J connectivity index is 1.33. The van der Waals surface area contributed by atoms with Crippen LogP contribution in [-0.4, -0.2) is 62.8 Å². The Bertz CT molecular complexity index is 955. The van der Waals surface area contributed by atoms with E-state index in [0.29, 0.717) is 32.0 Å². The summed E-state index contributed by atoms with van der Waals surface area (Å²) in [6, 6.07) is 9.87. The molecule has 150 valence electrons. The quantitative estimate of drug-likeness (QED) is 0.656. The van der Waals surface area contributed by atoms with Crippen LogP contribution in [0.25, 0.3) is 5.82 Å². The maximum absolute atomic E-state index is 13.7. The summed E-state index contributed by atoms with van der Waals surface area (Å²) in [5.74, 6) is 0.903. The molecule has 1 fully saturated rings. The van der Waals surface area contributed by atoms with Gasteiger partial charge >= 0.3 is 0 Å². The molecule has 8 nitrogen and oxygen atoms in total. The number of para-hydroxylation sites is 1. The van der Waals surface area contributed by atoms with Crippen LogP contribution in [-0.2, 0) is 4.79 Å². The second-order valence-electron chi connectivity index (χ2n) is 6.72. The molecule has 0 aliphatic carbocycles. The minimum Gasteiger partial charge on any atom is -0.478 e. The molecular weight excluding hydrogens is 375 g/mol. The summed E-state index contributed by atoms with van der Waals surface area (Å²) in [5, 5.41) is 8.52. The molecule has 0 N–H and O–H groups in total. The van der Waals surface area contributed by atoms with Crippen molar-refractivity contribution in [3.63, 3.8) is 0 Å². The van der Waals surface area contributed by atoms with Gasteiger partial charge in [-0.3, -0.25) is 9.36 Å². The summed E-state index contributed by atoms with van der Waals surface area (Å²) in [6.45, 7) is 3.99. The van der Waals surface area contributed by atoms with E-state index < -0.39 is 11.9 Å². The maximum Gasteiger partial charge on any atom is 0.263 e. The number of imidazole rings is 1. The number of aromatic nitrogens is 4. The summed E-state index contributed by atoms with van der Waals surface area (Å²) in [6.07, 6.45) is 4.40. The number of anilines is 1. The lowest BCUT2D eigenvalue weighted by Crippen LogP contribution is -2.52. The number of ether oxygens (including phenoxy) is 1. The fourth-order valence-corrected chi connectivity index (χ4v) is 3.21. The zero-order valence-electron chi connectivity index (χ0n) is 16.0. The van der Waals surface area contributed by atoms with Gasteiger partial charge in [0.25, 0.3) is 5.91 Å². The highest BCUT2D eigenvalue weighted by molar-refractivity contribution is 5.81. The highest BCUT2D eigenvalue weighted by Gasteiger charge is 2.27. The molecule has 1 amide bonds. The molecular formula is C20H21FN6O2. The molecule has 1 aromatic carbocycles. The Kier molecular flexibility index (Phi) is 5.37. The van der Waals surface area contributed by atoms with Gasteiger partial charge in [0.1, 0.15) is 6.33 Å². The summed E-state index contributed by atoms with van der Waals surface area (Å²) < 4.78 is 21.0. The molecule has 9 heteroatoms. The number of halogens is 1. The molecule has 29 heavy (non-hydrogen) atoms. The Labute approximate surface area is 167 Å². The summed E-state index contributed by atoms with van der Waals surface area (Å²) in [4.78, 5) is 20.5. The van der Waals surface area contributed by atoms with Crippen molar-refractivity contribution < 1.29 is 13.9 Å². The monoisotopic (exact) mass is 396 g/mol. The highest BCUT2D eigenvalue weighted by Crippen LogP contribution is 2.19. The van der Waals surface area contributed by atoms with E-state index in [1.165, 1.54) is 12.1 Å². The van der Waals surface area contributed by atoms with Crippen LogP contribution in [0.2, 0.25) is 0 Å². The minimum absolute atomic E-state index is 0.0836. The number of hydrogen-bond acceptors (Lipinski definition) is 6. The van der Waals surface area contributed by atoms with E-state index in [-0.39, 0.29) is 11.7 Å². The Hall–Kier alpha value is -3.49. The first-order chi connectivity index (χ1) is 14.1. The van der Waals surface area contributed by atoms with Crippen molar-refractivity contribution in [3.8, 4) is 11.6 Å². The van der Waals surface area contributed by atoms with Crippen molar-refractivity contribution in [2.45, 2.75) is 13.0 Å². The molecule has 0 spiro atoms. The van der Waals surface area contributed by atoms with Gasteiger partial charge in [0.05, 0.1) is 0 Å².